The molecule has 0 aliphatic heterocycles. The number of rotatable bonds is 2. The Morgan fingerprint density at radius 1 is 1.46 bits per heavy atom. The summed E-state index contributed by atoms with van der Waals surface area (Å²) < 4.78 is 0. The van der Waals surface area contributed by atoms with E-state index in [0.717, 1.165) is 11.0 Å². The zero-order valence-corrected chi connectivity index (χ0v) is 6.95. The molecule has 2 rings (SSSR count). The van der Waals surface area contributed by atoms with Crippen molar-refractivity contribution in [2.75, 3.05) is 0 Å². The number of H-pyrrole nitrogens is 1. The van der Waals surface area contributed by atoms with Gasteiger partial charge in [0.25, 0.3) is 0 Å². The number of hydrogen-bond donors (Lipinski definition) is 2. The minimum absolute atomic E-state index is 0.196. The molecule has 2 aromatic rings. The predicted molar refractivity (Wildman–Crippen MR) is 49.0 cm³/mol. The van der Waals surface area contributed by atoms with Gasteiger partial charge in [0.1, 0.15) is 0 Å². The second kappa shape index (κ2) is 2.90. The zero-order chi connectivity index (χ0) is 9.26. The van der Waals surface area contributed by atoms with Crippen LogP contribution in [-0.2, 0) is 11.2 Å². The van der Waals surface area contributed by atoms with Crippen molar-refractivity contribution in [3.63, 3.8) is 0 Å². The third-order valence-corrected chi connectivity index (χ3v) is 1.82. The van der Waals surface area contributed by atoms with Crippen LogP contribution >= 0.6 is 0 Å². The second-order valence-electron chi connectivity index (χ2n) is 2.86. The van der Waals surface area contributed by atoms with E-state index in [1.54, 1.807) is 6.07 Å². The third-order valence-electron chi connectivity index (χ3n) is 1.82. The van der Waals surface area contributed by atoms with E-state index in [9.17, 15) is 4.79 Å². The largest absolute Gasteiger partial charge is 0.369 e. The van der Waals surface area contributed by atoms with Gasteiger partial charge in [-0.25, -0.2) is 0 Å². The average Bonchev–Trinajstić information content (AvgIpc) is 2.49. The summed E-state index contributed by atoms with van der Waals surface area (Å²) in [5.41, 5.74) is 7.59. The summed E-state index contributed by atoms with van der Waals surface area (Å²) in [5.74, 6) is -0.359. The number of primary amides is 1. The summed E-state index contributed by atoms with van der Waals surface area (Å²) in [7, 11) is 0. The number of pyridine rings is 1. The number of nitrogens with zero attached hydrogens (tertiary/aromatic N) is 1. The first kappa shape index (κ1) is 7.79. The van der Waals surface area contributed by atoms with Crippen LogP contribution in [0.25, 0.3) is 11.0 Å². The van der Waals surface area contributed by atoms with Crippen molar-refractivity contribution in [2.24, 2.45) is 5.73 Å². The van der Waals surface area contributed by atoms with Crippen LogP contribution in [0, 0.1) is 0 Å². The highest BCUT2D eigenvalue weighted by molar-refractivity contribution is 5.78. The van der Waals surface area contributed by atoms with Crippen molar-refractivity contribution in [3.8, 4) is 0 Å². The Hall–Kier alpha value is -1.84. The minimum atomic E-state index is -0.359. The molecule has 0 unspecified atom stereocenters. The molecule has 0 radical (unpaired) electrons. The normalized spacial score (nSPS) is 10.5. The van der Waals surface area contributed by atoms with E-state index in [1.165, 1.54) is 0 Å². The molecule has 4 heteroatoms. The molecule has 0 spiro atoms. The van der Waals surface area contributed by atoms with Crippen LogP contribution in [0.1, 0.15) is 5.69 Å². The third kappa shape index (κ3) is 1.51. The number of carbonyl (C=O) groups excluding carboxylic acids is 1. The number of nitrogens with two attached hydrogens (primary N) is 1. The maximum absolute atomic E-state index is 10.6. The van der Waals surface area contributed by atoms with E-state index in [2.05, 4.69) is 9.97 Å². The standard InChI is InChI=1S/C9H9N3O/c10-9(13)5-6-1-2-7-8(12-6)3-4-11-7/h1-4,11H,5H2,(H2,10,13). The highest BCUT2D eigenvalue weighted by Gasteiger charge is 2.01. The molecule has 0 atom stereocenters. The topological polar surface area (TPSA) is 71.8 Å². The molecule has 0 fully saturated rings. The molecule has 2 heterocycles. The predicted octanol–water partition coefficient (Wildman–Crippen LogP) is 0.591. The maximum atomic E-state index is 10.6. The molecular weight excluding hydrogens is 166 g/mol. The van der Waals surface area contributed by atoms with E-state index >= 15 is 0 Å². The van der Waals surface area contributed by atoms with Crippen molar-refractivity contribution in [2.45, 2.75) is 6.42 Å². The van der Waals surface area contributed by atoms with E-state index in [4.69, 9.17) is 5.73 Å². The highest BCUT2D eigenvalue weighted by Crippen LogP contribution is 2.09. The van der Waals surface area contributed by atoms with Crippen molar-refractivity contribution >= 4 is 16.9 Å². The minimum Gasteiger partial charge on any atom is -0.369 e. The average molecular weight is 175 g/mol. The van der Waals surface area contributed by atoms with Gasteiger partial charge in [-0.2, -0.15) is 0 Å². The van der Waals surface area contributed by atoms with Gasteiger partial charge >= 0.3 is 0 Å². The van der Waals surface area contributed by atoms with Crippen molar-refractivity contribution in [1.82, 2.24) is 9.97 Å². The highest BCUT2D eigenvalue weighted by atomic mass is 16.1. The first-order valence-electron chi connectivity index (χ1n) is 3.97. The molecule has 0 aliphatic rings. The Balaban J connectivity index is 2.42. The smallest absolute Gasteiger partial charge is 0.223 e. The number of fused-ring (bicyclic) bond motifs is 1. The summed E-state index contributed by atoms with van der Waals surface area (Å²) >= 11 is 0. The Morgan fingerprint density at radius 2 is 2.31 bits per heavy atom. The van der Waals surface area contributed by atoms with E-state index in [-0.39, 0.29) is 12.3 Å². The number of aromatic amines is 1. The molecule has 3 N–H and O–H groups in total. The zero-order valence-electron chi connectivity index (χ0n) is 6.95. The summed E-state index contributed by atoms with van der Waals surface area (Å²) in [6.07, 6.45) is 2.01. The molecule has 0 bridgehead atoms. The fraction of sp³-hybridized carbons (Fsp3) is 0.111. The molecule has 1 amide bonds. The summed E-state index contributed by atoms with van der Waals surface area (Å²) in [4.78, 5) is 17.9. The SMILES string of the molecule is NC(=O)Cc1ccc2[nH]ccc2n1. The Kier molecular flexibility index (Phi) is 1.73. The van der Waals surface area contributed by atoms with Gasteiger partial charge in [0.2, 0.25) is 5.91 Å². The lowest BCUT2D eigenvalue weighted by Crippen LogP contribution is -2.14. The van der Waals surface area contributed by atoms with Crippen LogP contribution in [0.3, 0.4) is 0 Å². The van der Waals surface area contributed by atoms with Crippen LogP contribution in [0.15, 0.2) is 24.4 Å². The molecule has 66 valence electrons. The number of amides is 1. The molecule has 0 saturated carbocycles. The van der Waals surface area contributed by atoms with Crippen molar-refractivity contribution in [3.05, 3.63) is 30.1 Å². The number of carbonyl (C=O) groups is 1. The quantitative estimate of drug-likeness (QED) is 0.701. The first-order valence-corrected chi connectivity index (χ1v) is 3.97. The lowest BCUT2D eigenvalue weighted by atomic mass is 10.2. The van der Waals surface area contributed by atoms with Crippen LogP contribution in [-0.4, -0.2) is 15.9 Å². The first-order chi connectivity index (χ1) is 6.25. The van der Waals surface area contributed by atoms with Gasteiger partial charge < -0.3 is 10.7 Å². The maximum Gasteiger partial charge on any atom is 0.223 e. The fourth-order valence-electron chi connectivity index (χ4n) is 1.25. The van der Waals surface area contributed by atoms with E-state index in [1.807, 2.05) is 18.3 Å². The number of aromatic nitrogens is 2. The molecule has 0 saturated heterocycles. The lowest BCUT2D eigenvalue weighted by molar-refractivity contribution is -0.117. The molecular formula is C9H9N3O. The van der Waals surface area contributed by atoms with Crippen LogP contribution in [0.2, 0.25) is 0 Å². The Labute approximate surface area is 74.8 Å². The van der Waals surface area contributed by atoms with E-state index < -0.39 is 0 Å². The lowest BCUT2D eigenvalue weighted by Gasteiger charge is -1.96. The van der Waals surface area contributed by atoms with Gasteiger partial charge in [-0.05, 0) is 18.2 Å². The van der Waals surface area contributed by atoms with Crippen molar-refractivity contribution in [1.29, 1.82) is 0 Å². The monoisotopic (exact) mass is 175 g/mol. The molecule has 2 aromatic heterocycles. The molecule has 0 aliphatic carbocycles. The number of nitrogens with one attached hydrogen (secondary N) is 1. The number of hydrogen-bond acceptors (Lipinski definition) is 2. The summed E-state index contributed by atoms with van der Waals surface area (Å²) in [5, 5.41) is 0. The van der Waals surface area contributed by atoms with E-state index in [0.29, 0.717) is 5.69 Å². The van der Waals surface area contributed by atoms with Crippen LogP contribution in [0.5, 0.6) is 0 Å². The van der Waals surface area contributed by atoms with Crippen LogP contribution < -0.4 is 5.73 Å². The van der Waals surface area contributed by atoms with Crippen molar-refractivity contribution < 1.29 is 4.79 Å². The molecule has 13 heavy (non-hydrogen) atoms. The fourth-order valence-corrected chi connectivity index (χ4v) is 1.25. The van der Waals surface area contributed by atoms with Gasteiger partial charge in [0.15, 0.2) is 0 Å². The van der Waals surface area contributed by atoms with Crippen LogP contribution in [0.4, 0.5) is 0 Å². The van der Waals surface area contributed by atoms with Gasteiger partial charge in [-0.1, -0.05) is 0 Å². The molecule has 0 aromatic carbocycles. The van der Waals surface area contributed by atoms with Gasteiger partial charge in [-0.3, -0.25) is 9.78 Å². The van der Waals surface area contributed by atoms with Gasteiger partial charge in [0, 0.05) is 6.20 Å². The Morgan fingerprint density at radius 3 is 3.08 bits per heavy atom. The molecule has 4 nitrogen and oxygen atoms in total. The van der Waals surface area contributed by atoms with Gasteiger partial charge in [-0.15, -0.1) is 0 Å². The second-order valence-corrected chi connectivity index (χ2v) is 2.86. The van der Waals surface area contributed by atoms with Gasteiger partial charge in [0.05, 0.1) is 23.1 Å². The Bertz CT molecular complexity index is 447. The summed E-state index contributed by atoms with van der Waals surface area (Å²) in [6.45, 7) is 0. The summed E-state index contributed by atoms with van der Waals surface area (Å²) in [6, 6.07) is 5.55.